The molecule has 3 nitrogen and oxygen atoms in total. The van der Waals surface area contributed by atoms with Crippen LogP contribution in [0.5, 0.6) is 0 Å². The summed E-state index contributed by atoms with van der Waals surface area (Å²) in [4.78, 5) is 14.5. The van der Waals surface area contributed by atoms with E-state index < -0.39 is 0 Å². The number of piperidine rings is 1. The molecule has 1 heterocycles. The highest BCUT2D eigenvalue weighted by Gasteiger charge is 2.26. The lowest BCUT2D eigenvalue weighted by atomic mass is 9.96. The smallest absolute Gasteiger partial charge is 0.318 e. The molecule has 0 bridgehead atoms. The molecule has 2 rings (SSSR count). The van der Waals surface area contributed by atoms with Gasteiger partial charge in [-0.1, -0.05) is 44.2 Å². The van der Waals surface area contributed by atoms with Crippen LogP contribution < -0.4 is 5.32 Å². The van der Waals surface area contributed by atoms with Crippen molar-refractivity contribution < 1.29 is 4.79 Å². The molecular formula is C17H26N2O. The third kappa shape index (κ3) is 3.53. The summed E-state index contributed by atoms with van der Waals surface area (Å²) >= 11 is 0. The van der Waals surface area contributed by atoms with Gasteiger partial charge in [0.25, 0.3) is 0 Å². The standard InChI is InChI=1S/C17H26N2O/c1-13(2)16(15-10-5-4-6-11-15)18-17(20)19-12-8-7-9-14(19)3/h4-6,10-11,13-14,16H,7-9,12H2,1-3H3,(H,18,20). The summed E-state index contributed by atoms with van der Waals surface area (Å²) in [6.07, 6.45) is 3.47. The third-order valence-electron chi connectivity index (χ3n) is 4.17. The molecule has 1 saturated heterocycles. The normalized spacial score (nSPS) is 20.8. The Morgan fingerprint density at radius 3 is 2.55 bits per heavy atom. The van der Waals surface area contributed by atoms with Crippen LogP contribution in [0.2, 0.25) is 0 Å². The van der Waals surface area contributed by atoms with Crippen LogP contribution >= 0.6 is 0 Å². The first-order chi connectivity index (χ1) is 9.59. The number of hydrogen-bond donors (Lipinski definition) is 1. The van der Waals surface area contributed by atoms with E-state index in [4.69, 9.17) is 0 Å². The minimum absolute atomic E-state index is 0.0813. The van der Waals surface area contributed by atoms with Gasteiger partial charge in [0, 0.05) is 12.6 Å². The number of carbonyl (C=O) groups is 1. The Labute approximate surface area is 122 Å². The van der Waals surface area contributed by atoms with Gasteiger partial charge in [0.2, 0.25) is 0 Å². The van der Waals surface area contributed by atoms with Crippen molar-refractivity contribution in [2.45, 2.75) is 52.1 Å². The Kier molecular flexibility index (Phi) is 5.05. The fourth-order valence-corrected chi connectivity index (χ4v) is 2.91. The van der Waals surface area contributed by atoms with Crippen LogP contribution in [0.25, 0.3) is 0 Å². The predicted molar refractivity (Wildman–Crippen MR) is 82.6 cm³/mol. The fourth-order valence-electron chi connectivity index (χ4n) is 2.91. The minimum Gasteiger partial charge on any atom is -0.331 e. The number of hydrogen-bond acceptors (Lipinski definition) is 1. The Balaban J connectivity index is 2.06. The van der Waals surface area contributed by atoms with Crippen LogP contribution in [-0.4, -0.2) is 23.5 Å². The maximum atomic E-state index is 12.5. The van der Waals surface area contributed by atoms with E-state index in [1.807, 2.05) is 23.1 Å². The van der Waals surface area contributed by atoms with Crippen molar-refractivity contribution in [2.75, 3.05) is 6.54 Å². The number of carbonyl (C=O) groups excluding carboxylic acids is 1. The number of rotatable bonds is 3. The number of urea groups is 1. The van der Waals surface area contributed by atoms with Crippen molar-refractivity contribution in [3.05, 3.63) is 35.9 Å². The highest BCUT2D eigenvalue weighted by Crippen LogP contribution is 2.23. The largest absolute Gasteiger partial charge is 0.331 e. The van der Waals surface area contributed by atoms with Crippen molar-refractivity contribution >= 4 is 6.03 Å². The Hall–Kier alpha value is -1.51. The molecule has 0 aromatic heterocycles. The Morgan fingerprint density at radius 2 is 1.95 bits per heavy atom. The molecule has 0 spiro atoms. The summed E-state index contributed by atoms with van der Waals surface area (Å²) in [5, 5.41) is 3.22. The molecule has 20 heavy (non-hydrogen) atoms. The van der Waals surface area contributed by atoms with Crippen molar-refractivity contribution in [1.29, 1.82) is 0 Å². The molecule has 0 radical (unpaired) electrons. The van der Waals surface area contributed by atoms with E-state index >= 15 is 0 Å². The second kappa shape index (κ2) is 6.78. The molecule has 1 N–H and O–H groups in total. The number of likely N-dealkylation sites (tertiary alicyclic amines) is 1. The van der Waals surface area contributed by atoms with Crippen LogP contribution in [0.4, 0.5) is 4.79 Å². The van der Waals surface area contributed by atoms with Gasteiger partial charge in [-0.2, -0.15) is 0 Å². The third-order valence-corrected chi connectivity index (χ3v) is 4.17. The van der Waals surface area contributed by atoms with Crippen LogP contribution in [0.1, 0.15) is 51.6 Å². The maximum absolute atomic E-state index is 12.5. The molecule has 2 atom stereocenters. The first kappa shape index (κ1) is 14.9. The molecular weight excluding hydrogens is 248 g/mol. The highest BCUT2D eigenvalue weighted by atomic mass is 16.2. The van der Waals surface area contributed by atoms with Crippen LogP contribution in [-0.2, 0) is 0 Å². The zero-order valence-electron chi connectivity index (χ0n) is 12.8. The van der Waals surface area contributed by atoms with Crippen LogP contribution in [0.15, 0.2) is 30.3 Å². The summed E-state index contributed by atoms with van der Waals surface area (Å²) in [6.45, 7) is 7.33. The first-order valence-corrected chi connectivity index (χ1v) is 7.71. The molecule has 0 aliphatic carbocycles. The summed E-state index contributed by atoms with van der Waals surface area (Å²) in [5.41, 5.74) is 1.18. The molecule has 1 aromatic rings. The van der Waals surface area contributed by atoms with Crippen LogP contribution in [0.3, 0.4) is 0 Å². The van der Waals surface area contributed by atoms with E-state index in [0.717, 1.165) is 19.4 Å². The molecule has 3 heteroatoms. The quantitative estimate of drug-likeness (QED) is 0.888. The van der Waals surface area contributed by atoms with E-state index in [1.54, 1.807) is 0 Å². The van der Waals surface area contributed by atoms with E-state index in [-0.39, 0.29) is 12.1 Å². The lowest BCUT2D eigenvalue weighted by Gasteiger charge is -2.35. The summed E-state index contributed by atoms with van der Waals surface area (Å²) in [5.74, 6) is 0.376. The van der Waals surface area contributed by atoms with Gasteiger partial charge in [-0.25, -0.2) is 4.79 Å². The van der Waals surface area contributed by atoms with Gasteiger partial charge in [0.15, 0.2) is 0 Å². The topological polar surface area (TPSA) is 32.3 Å². The zero-order chi connectivity index (χ0) is 14.5. The SMILES string of the molecule is CC(C)C(NC(=O)N1CCCCC1C)c1ccccc1. The van der Waals surface area contributed by atoms with Crippen molar-refractivity contribution in [1.82, 2.24) is 10.2 Å². The molecule has 2 unspecified atom stereocenters. The van der Waals surface area contributed by atoms with E-state index in [0.29, 0.717) is 12.0 Å². The van der Waals surface area contributed by atoms with Crippen molar-refractivity contribution in [3.63, 3.8) is 0 Å². The van der Waals surface area contributed by atoms with E-state index in [2.05, 4.69) is 38.2 Å². The lowest BCUT2D eigenvalue weighted by molar-refractivity contribution is 0.152. The molecule has 1 aromatic carbocycles. The van der Waals surface area contributed by atoms with Gasteiger partial charge in [0.05, 0.1) is 6.04 Å². The molecule has 1 aliphatic heterocycles. The van der Waals surface area contributed by atoms with Gasteiger partial charge < -0.3 is 10.2 Å². The zero-order valence-corrected chi connectivity index (χ0v) is 12.8. The molecule has 2 amide bonds. The molecule has 1 fully saturated rings. The molecule has 1 aliphatic rings. The Bertz CT molecular complexity index is 430. The summed E-state index contributed by atoms with van der Waals surface area (Å²) in [7, 11) is 0. The van der Waals surface area contributed by atoms with Gasteiger partial charge in [-0.3, -0.25) is 0 Å². The van der Waals surface area contributed by atoms with Crippen LogP contribution in [0, 0.1) is 5.92 Å². The predicted octanol–water partition coefficient (Wildman–Crippen LogP) is 3.97. The molecule has 110 valence electrons. The average Bonchev–Trinajstić information content (AvgIpc) is 2.45. The van der Waals surface area contributed by atoms with E-state index in [9.17, 15) is 4.79 Å². The summed E-state index contributed by atoms with van der Waals surface area (Å²) < 4.78 is 0. The second-order valence-electron chi connectivity index (χ2n) is 6.12. The Morgan fingerprint density at radius 1 is 1.25 bits per heavy atom. The highest BCUT2D eigenvalue weighted by molar-refractivity contribution is 5.75. The minimum atomic E-state index is 0.0813. The average molecular weight is 274 g/mol. The number of nitrogens with zero attached hydrogens (tertiary/aromatic N) is 1. The van der Waals surface area contributed by atoms with Gasteiger partial charge >= 0.3 is 6.03 Å². The van der Waals surface area contributed by atoms with Gasteiger partial charge in [0.1, 0.15) is 0 Å². The monoisotopic (exact) mass is 274 g/mol. The molecule has 0 saturated carbocycles. The lowest BCUT2D eigenvalue weighted by Crippen LogP contribution is -2.49. The van der Waals surface area contributed by atoms with Gasteiger partial charge in [-0.15, -0.1) is 0 Å². The number of amides is 2. The first-order valence-electron chi connectivity index (χ1n) is 7.71. The second-order valence-corrected chi connectivity index (χ2v) is 6.12. The summed E-state index contributed by atoms with van der Waals surface area (Å²) in [6, 6.07) is 10.8. The maximum Gasteiger partial charge on any atom is 0.318 e. The fraction of sp³-hybridized carbons (Fsp3) is 0.588. The van der Waals surface area contributed by atoms with E-state index in [1.165, 1.54) is 12.0 Å². The number of nitrogens with one attached hydrogen (secondary N) is 1. The van der Waals surface area contributed by atoms with Crippen molar-refractivity contribution in [2.24, 2.45) is 5.92 Å². The van der Waals surface area contributed by atoms with Gasteiger partial charge in [-0.05, 0) is 37.7 Å². The number of benzene rings is 1. The van der Waals surface area contributed by atoms with Crippen molar-refractivity contribution in [3.8, 4) is 0 Å².